The third kappa shape index (κ3) is 8.39. The van der Waals surface area contributed by atoms with Crippen LogP contribution >= 0.6 is 0 Å². The van der Waals surface area contributed by atoms with Crippen molar-refractivity contribution in [1.82, 2.24) is 0 Å². The van der Waals surface area contributed by atoms with Gasteiger partial charge in [0, 0.05) is 39.5 Å². The molecule has 0 aliphatic heterocycles. The monoisotopic (exact) mass is 936 g/mol. The van der Waals surface area contributed by atoms with E-state index >= 15 is 0 Å². The van der Waals surface area contributed by atoms with Gasteiger partial charge in [-0.25, -0.2) is 0 Å². The number of hydrogen-bond donors (Lipinski definition) is 0. The molecule has 3 aliphatic carbocycles. The summed E-state index contributed by atoms with van der Waals surface area (Å²) in [5.41, 5.74) is 25.0. The molecule has 1 saturated carbocycles. The quantitative estimate of drug-likeness (QED) is 0.127. The lowest BCUT2D eigenvalue weighted by Crippen LogP contribution is -2.21. The third-order valence-electron chi connectivity index (χ3n) is 15.7. The first kappa shape index (κ1) is 44.2. The first-order valence-electron chi connectivity index (χ1n) is 26.1. The van der Waals surface area contributed by atoms with Gasteiger partial charge in [-0.1, -0.05) is 201 Å². The molecule has 1 spiro atoms. The van der Waals surface area contributed by atoms with E-state index in [0.29, 0.717) is 0 Å². The summed E-state index contributed by atoms with van der Waals surface area (Å²) in [6.07, 6.45) is 13.8. The number of benzene rings is 10. The van der Waals surface area contributed by atoms with Crippen molar-refractivity contribution < 1.29 is 0 Å². The van der Waals surface area contributed by atoms with Crippen LogP contribution in [-0.4, -0.2) is 0 Å². The number of rotatable bonds is 11. The SMILES string of the molecule is C1=CCCC(c2cccc(-c3ccc(N(c4ccc(-c5ccccc5)cc4)c4ccc(-c5ccc(N(c6ccc(-c7ccccc7)cc6)c6ccc7c(c6)C6(CCCC6)c6ccccc6-7)cc5)cc4)cc3)c2)=C1. The van der Waals surface area contributed by atoms with Crippen molar-refractivity contribution in [2.45, 2.75) is 43.9 Å². The Bertz CT molecular complexity index is 3620. The first-order chi connectivity index (χ1) is 36.1. The highest BCUT2D eigenvalue weighted by Gasteiger charge is 2.45. The van der Waals surface area contributed by atoms with Crippen LogP contribution in [0.2, 0.25) is 0 Å². The van der Waals surface area contributed by atoms with Crippen molar-refractivity contribution in [2.24, 2.45) is 0 Å². The molecular formula is C71H56N2. The maximum atomic E-state index is 2.51. The largest absolute Gasteiger partial charge is 0.311 e. The van der Waals surface area contributed by atoms with Gasteiger partial charge in [-0.05, 0) is 182 Å². The molecule has 0 atom stereocenters. The summed E-state index contributed by atoms with van der Waals surface area (Å²) in [5.74, 6) is 0. The van der Waals surface area contributed by atoms with Gasteiger partial charge >= 0.3 is 0 Å². The molecule has 1 fully saturated rings. The van der Waals surface area contributed by atoms with Crippen LogP contribution in [0.3, 0.4) is 0 Å². The van der Waals surface area contributed by atoms with Crippen molar-refractivity contribution in [3.63, 3.8) is 0 Å². The minimum atomic E-state index is 0.0859. The molecule has 0 aromatic heterocycles. The number of fused-ring (bicyclic) bond motifs is 5. The van der Waals surface area contributed by atoms with Crippen molar-refractivity contribution in [3.05, 3.63) is 284 Å². The summed E-state index contributed by atoms with van der Waals surface area (Å²) in [4.78, 5) is 4.81. The average molecular weight is 937 g/mol. The molecule has 73 heavy (non-hydrogen) atoms. The summed E-state index contributed by atoms with van der Waals surface area (Å²) in [6, 6.07) is 92.0. The van der Waals surface area contributed by atoms with Crippen LogP contribution in [0.25, 0.3) is 61.2 Å². The number of anilines is 6. The van der Waals surface area contributed by atoms with E-state index in [1.807, 2.05) is 0 Å². The summed E-state index contributed by atoms with van der Waals surface area (Å²) >= 11 is 0. The Labute approximate surface area is 430 Å². The Hall–Kier alpha value is -8.72. The van der Waals surface area contributed by atoms with E-state index in [2.05, 4.69) is 277 Å². The van der Waals surface area contributed by atoms with Gasteiger partial charge in [0.25, 0.3) is 0 Å². The van der Waals surface area contributed by atoms with E-state index in [-0.39, 0.29) is 5.41 Å². The molecule has 0 bridgehead atoms. The Balaban J connectivity index is 0.832. The van der Waals surface area contributed by atoms with Gasteiger partial charge in [-0.3, -0.25) is 0 Å². The lowest BCUT2D eigenvalue weighted by Gasteiger charge is -2.30. The first-order valence-corrected chi connectivity index (χ1v) is 26.1. The standard InChI is InChI=1S/C71H56N2/c1-4-15-51(16-5-1)54-25-35-61(36-26-54)72(63-43-33-58(34-44-63)60-22-14-21-59(49-60)53-19-8-3-9-20-53)62-37-29-56(30-38-62)57-31-41-65(42-32-57)73(64-39-27-55(28-40-64)52-17-6-2-7-18-52)66-45-46-68-67-23-10-11-24-69(67)71(70(68)50-66)47-12-13-48-71/h1-8,10-11,14-19,21-46,49-50H,9,12-13,20,47-48H2. The normalized spacial score (nSPS) is 14.1. The molecule has 0 saturated heterocycles. The van der Waals surface area contributed by atoms with Crippen LogP contribution in [0.1, 0.15) is 55.2 Å². The van der Waals surface area contributed by atoms with E-state index < -0.39 is 0 Å². The Morgan fingerprint density at radius 1 is 0.301 bits per heavy atom. The maximum Gasteiger partial charge on any atom is 0.0465 e. The smallest absolute Gasteiger partial charge is 0.0465 e. The van der Waals surface area contributed by atoms with Crippen LogP contribution in [0.4, 0.5) is 34.1 Å². The molecule has 350 valence electrons. The molecular weight excluding hydrogens is 881 g/mol. The number of hydrogen-bond acceptors (Lipinski definition) is 2. The minimum Gasteiger partial charge on any atom is -0.311 e. The lowest BCUT2D eigenvalue weighted by molar-refractivity contribution is 0.550. The predicted octanol–water partition coefficient (Wildman–Crippen LogP) is 19.9. The summed E-state index contributed by atoms with van der Waals surface area (Å²) < 4.78 is 0. The highest BCUT2D eigenvalue weighted by atomic mass is 15.1. The lowest BCUT2D eigenvalue weighted by atomic mass is 9.76. The maximum absolute atomic E-state index is 2.51. The van der Waals surface area contributed by atoms with Gasteiger partial charge in [0.15, 0.2) is 0 Å². The zero-order chi connectivity index (χ0) is 48.6. The van der Waals surface area contributed by atoms with Gasteiger partial charge in [0.05, 0.1) is 0 Å². The Kier molecular flexibility index (Phi) is 11.6. The number of allylic oxidation sites excluding steroid dienone is 4. The summed E-state index contributed by atoms with van der Waals surface area (Å²) in [5, 5.41) is 0. The van der Waals surface area contributed by atoms with Gasteiger partial charge in [-0.2, -0.15) is 0 Å². The molecule has 3 aliphatic rings. The molecule has 0 heterocycles. The van der Waals surface area contributed by atoms with Crippen LogP contribution in [0.5, 0.6) is 0 Å². The highest BCUT2D eigenvalue weighted by molar-refractivity contribution is 5.88. The van der Waals surface area contributed by atoms with E-state index in [9.17, 15) is 0 Å². The van der Waals surface area contributed by atoms with Gasteiger partial charge in [0.2, 0.25) is 0 Å². The Morgan fingerprint density at radius 2 is 0.699 bits per heavy atom. The van der Waals surface area contributed by atoms with Gasteiger partial charge < -0.3 is 9.80 Å². The van der Waals surface area contributed by atoms with Crippen molar-refractivity contribution in [3.8, 4) is 55.6 Å². The molecule has 0 amide bonds. The molecule has 0 radical (unpaired) electrons. The van der Waals surface area contributed by atoms with Crippen molar-refractivity contribution in [1.29, 1.82) is 0 Å². The van der Waals surface area contributed by atoms with E-state index in [1.165, 1.54) is 109 Å². The van der Waals surface area contributed by atoms with Gasteiger partial charge in [-0.15, -0.1) is 0 Å². The van der Waals surface area contributed by atoms with E-state index in [0.717, 1.165) is 41.3 Å². The molecule has 10 aromatic rings. The highest BCUT2D eigenvalue weighted by Crippen LogP contribution is 2.58. The molecule has 10 aromatic carbocycles. The second kappa shape index (κ2) is 19.1. The molecule has 2 heteroatoms. The zero-order valence-corrected chi connectivity index (χ0v) is 41.0. The molecule has 13 rings (SSSR count). The fourth-order valence-electron chi connectivity index (χ4n) is 12.0. The summed E-state index contributed by atoms with van der Waals surface area (Å²) in [7, 11) is 0. The topological polar surface area (TPSA) is 6.48 Å². The fraction of sp³-hybridized carbons (Fsp3) is 0.0986. The average Bonchev–Trinajstić information content (AvgIpc) is 4.08. The van der Waals surface area contributed by atoms with E-state index in [4.69, 9.17) is 0 Å². The zero-order valence-electron chi connectivity index (χ0n) is 41.0. The van der Waals surface area contributed by atoms with E-state index in [1.54, 1.807) is 0 Å². The third-order valence-corrected chi connectivity index (χ3v) is 15.7. The van der Waals surface area contributed by atoms with Crippen LogP contribution in [-0.2, 0) is 5.41 Å². The van der Waals surface area contributed by atoms with Crippen LogP contribution < -0.4 is 9.80 Å². The molecule has 2 nitrogen and oxygen atoms in total. The molecule has 0 unspecified atom stereocenters. The second-order valence-corrected chi connectivity index (χ2v) is 19.9. The minimum absolute atomic E-state index is 0.0859. The summed E-state index contributed by atoms with van der Waals surface area (Å²) in [6.45, 7) is 0. The van der Waals surface area contributed by atoms with Crippen LogP contribution in [0, 0.1) is 0 Å². The fourth-order valence-corrected chi connectivity index (χ4v) is 12.0. The van der Waals surface area contributed by atoms with Crippen molar-refractivity contribution >= 4 is 39.7 Å². The molecule has 0 N–H and O–H groups in total. The second-order valence-electron chi connectivity index (χ2n) is 19.9. The Morgan fingerprint density at radius 3 is 1.19 bits per heavy atom. The van der Waals surface area contributed by atoms with Gasteiger partial charge in [0.1, 0.15) is 0 Å². The van der Waals surface area contributed by atoms with Crippen LogP contribution in [0.15, 0.2) is 267 Å². The predicted molar refractivity (Wildman–Crippen MR) is 309 cm³/mol. The number of nitrogens with zero attached hydrogens (tertiary/aromatic N) is 2. The van der Waals surface area contributed by atoms with Crippen molar-refractivity contribution in [2.75, 3.05) is 9.80 Å².